The molecule has 2 aromatic rings. The number of anilines is 1. The molecule has 2 amide bonds. The van der Waals surface area contributed by atoms with E-state index in [4.69, 9.17) is 0 Å². The fourth-order valence-electron chi connectivity index (χ4n) is 2.79. The molecule has 0 aliphatic heterocycles. The maximum absolute atomic E-state index is 12.7. The first-order chi connectivity index (χ1) is 12.8. The van der Waals surface area contributed by atoms with Crippen LogP contribution in [0.2, 0.25) is 0 Å². The maximum atomic E-state index is 12.7. The van der Waals surface area contributed by atoms with Crippen molar-refractivity contribution in [1.82, 2.24) is 10.3 Å². The summed E-state index contributed by atoms with van der Waals surface area (Å²) in [6.07, 6.45) is 1.86. The summed E-state index contributed by atoms with van der Waals surface area (Å²) in [5.41, 5.74) is 3.59. The summed E-state index contributed by atoms with van der Waals surface area (Å²) >= 11 is 3.35. The summed E-state index contributed by atoms with van der Waals surface area (Å²) in [6, 6.07) is 5.30. The van der Waals surface area contributed by atoms with Crippen LogP contribution in [0.15, 0.2) is 40.1 Å². The summed E-state index contributed by atoms with van der Waals surface area (Å²) in [4.78, 5) is 39.3. The predicted molar refractivity (Wildman–Crippen MR) is 110 cm³/mol. The molecule has 7 heteroatoms. The predicted octanol–water partition coefficient (Wildman–Crippen LogP) is 3.37. The number of carbonyl (C=O) groups excluding carboxylic acids is 2. The van der Waals surface area contributed by atoms with Gasteiger partial charge in [-0.15, -0.1) is 0 Å². The van der Waals surface area contributed by atoms with Crippen molar-refractivity contribution in [1.29, 1.82) is 0 Å². The van der Waals surface area contributed by atoms with Crippen molar-refractivity contribution >= 4 is 33.4 Å². The first-order valence-electron chi connectivity index (χ1n) is 8.50. The van der Waals surface area contributed by atoms with E-state index in [0.717, 1.165) is 17.3 Å². The molecule has 2 rings (SSSR count). The van der Waals surface area contributed by atoms with Gasteiger partial charge in [-0.25, -0.2) is 0 Å². The average molecular weight is 432 g/mol. The van der Waals surface area contributed by atoms with Crippen LogP contribution in [0.25, 0.3) is 0 Å². The molecule has 0 unspecified atom stereocenters. The molecule has 0 saturated heterocycles. The quantitative estimate of drug-likeness (QED) is 0.612. The first-order valence-corrected chi connectivity index (χ1v) is 9.29. The normalized spacial score (nSPS) is 10.4. The standard InChI is InChI=1S/C20H22BrN3O3/c1-5-13-7-11(3)23-20(27)16(13)10-22-19(26)15-8-14(21)9-17(12(15)4)24-18(25)6-2/h6-9H,2,5,10H2,1,3-4H3,(H,22,26)(H,23,27)(H,24,25). The average Bonchev–Trinajstić information content (AvgIpc) is 2.62. The number of carbonyl (C=O) groups is 2. The van der Waals surface area contributed by atoms with Crippen LogP contribution in [0.1, 0.15) is 39.7 Å². The zero-order valence-electron chi connectivity index (χ0n) is 15.5. The minimum Gasteiger partial charge on any atom is -0.348 e. The molecule has 27 heavy (non-hydrogen) atoms. The number of aryl methyl sites for hydroxylation is 2. The van der Waals surface area contributed by atoms with E-state index in [9.17, 15) is 14.4 Å². The van der Waals surface area contributed by atoms with E-state index in [1.807, 2.05) is 19.9 Å². The van der Waals surface area contributed by atoms with Gasteiger partial charge in [0.1, 0.15) is 0 Å². The van der Waals surface area contributed by atoms with E-state index in [1.165, 1.54) is 0 Å². The molecular weight excluding hydrogens is 410 g/mol. The zero-order valence-corrected chi connectivity index (χ0v) is 17.1. The van der Waals surface area contributed by atoms with Crippen molar-refractivity contribution in [2.75, 3.05) is 5.32 Å². The molecule has 0 spiro atoms. The van der Waals surface area contributed by atoms with E-state index in [2.05, 4.69) is 38.1 Å². The van der Waals surface area contributed by atoms with Crippen LogP contribution in [-0.4, -0.2) is 16.8 Å². The molecule has 6 nitrogen and oxygen atoms in total. The molecule has 1 aromatic carbocycles. The summed E-state index contributed by atoms with van der Waals surface area (Å²) in [7, 11) is 0. The van der Waals surface area contributed by atoms with Gasteiger partial charge in [-0.2, -0.15) is 0 Å². The lowest BCUT2D eigenvalue weighted by molar-refractivity contribution is -0.111. The van der Waals surface area contributed by atoms with Gasteiger partial charge in [0.2, 0.25) is 5.91 Å². The van der Waals surface area contributed by atoms with Crippen molar-refractivity contribution in [3.8, 4) is 0 Å². The molecule has 0 atom stereocenters. The van der Waals surface area contributed by atoms with E-state index >= 15 is 0 Å². The van der Waals surface area contributed by atoms with E-state index in [-0.39, 0.29) is 23.9 Å². The summed E-state index contributed by atoms with van der Waals surface area (Å²) < 4.78 is 0.653. The molecule has 0 aliphatic carbocycles. The lowest BCUT2D eigenvalue weighted by Crippen LogP contribution is -2.29. The Morgan fingerprint density at radius 3 is 2.59 bits per heavy atom. The van der Waals surface area contributed by atoms with Gasteiger partial charge in [0.15, 0.2) is 0 Å². The monoisotopic (exact) mass is 431 g/mol. The van der Waals surface area contributed by atoms with Gasteiger partial charge in [-0.05, 0) is 55.7 Å². The third kappa shape index (κ3) is 4.95. The number of nitrogens with one attached hydrogen (secondary N) is 3. The van der Waals surface area contributed by atoms with Gasteiger partial charge in [0.05, 0.1) is 0 Å². The van der Waals surface area contributed by atoms with Gasteiger partial charge in [0.25, 0.3) is 11.5 Å². The Hall–Kier alpha value is -2.67. The number of rotatable bonds is 6. The molecule has 1 aromatic heterocycles. The van der Waals surface area contributed by atoms with Gasteiger partial charge < -0.3 is 15.6 Å². The number of halogens is 1. The third-order valence-electron chi connectivity index (χ3n) is 4.23. The van der Waals surface area contributed by atoms with Crippen LogP contribution in [0.3, 0.4) is 0 Å². The molecule has 0 fully saturated rings. The van der Waals surface area contributed by atoms with Crippen molar-refractivity contribution in [3.05, 3.63) is 73.6 Å². The Bertz CT molecular complexity index is 964. The Kier molecular flexibility index (Phi) is 6.74. The number of amides is 2. The Labute approximate surface area is 166 Å². The van der Waals surface area contributed by atoms with Crippen molar-refractivity contribution < 1.29 is 9.59 Å². The minimum absolute atomic E-state index is 0.123. The van der Waals surface area contributed by atoms with Gasteiger partial charge in [0, 0.05) is 33.5 Å². The maximum Gasteiger partial charge on any atom is 0.253 e. The summed E-state index contributed by atoms with van der Waals surface area (Å²) in [6.45, 7) is 9.08. The fourth-order valence-corrected chi connectivity index (χ4v) is 3.24. The van der Waals surface area contributed by atoms with Crippen LogP contribution < -0.4 is 16.2 Å². The highest BCUT2D eigenvalue weighted by Gasteiger charge is 2.16. The second-order valence-corrected chi connectivity index (χ2v) is 7.06. The lowest BCUT2D eigenvalue weighted by atomic mass is 10.0. The zero-order chi connectivity index (χ0) is 20.1. The van der Waals surface area contributed by atoms with Gasteiger partial charge in [-0.3, -0.25) is 14.4 Å². The molecule has 1 heterocycles. The minimum atomic E-state index is -0.360. The number of aromatic nitrogens is 1. The molecule has 0 radical (unpaired) electrons. The number of H-pyrrole nitrogens is 1. The van der Waals surface area contributed by atoms with Crippen molar-refractivity contribution in [2.45, 2.75) is 33.7 Å². The van der Waals surface area contributed by atoms with Gasteiger partial charge >= 0.3 is 0 Å². The molecule has 142 valence electrons. The second kappa shape index (κ2) is 8.81. The highest BCUT2D eigenvalue weighted by Crippen LogP contribution is 2.25. The number of hydrogen-bond donors (Lipinski definition) is 3. The Morgan fingerprint density at radius 2 is 1.96 bits per heavy atom. The second-order valence-electron chi connectivity index (χ2n) is 6.14. The van der Waals surface area contributed by atoms with Crippen molar-refractivity contribution in [2.24, 2.45) is 0 Å². The van der Waals surface area contributed by atoms with Crippen LogP contribution in [-0.2, 0) is 17.8 Å². The fraction of sp³-hybridized carbons (Fsp3) is 0.250. The molecular formula is C20H22BrN3O3. The number of hydrogen-bond acceptors (Lipinski definition) is 3. The Balaban J connectivity index is 2.28. The van der Waals surface area contributed by atoms with Crippen molar-refractivity contribution in [3.63, 3.8) is 0 Å². The van der Waals surface area contributed by atoms with E-state index in [1.54, 1.807) is 19.1 Å². The lowest BCUT2D eigenvalue weighted by Gasteiger charge is -2.14. The first kappa shape index (κ1) is 20.6. The molecule has 0 aliphatic rings. The molecule has 3 N–H and O–H groups in total. The van der Waals surface area contributed by atoms with Crippen LogP contribution in [0.5, 0.6) is 0 Å². The van der Waals surface area contributed by atoms with E-state index in [0.29, 0.717) is 33.3 Å². The number of benzene rings is 1. The molecule has 0 saturated carbocycles. The highest BCUT2D eigenvalue weighted by molar-refractivity contribution is 9.10. The summed E-state index contributed by atoms with van der Waals surface area (Å²) in [5, 5.41) is 5.48. The smallest absolute Gasteiger partial charge is 0.253 e. The highest BCUT2D eigenvalue weighted by atomic mass is 79.9. The topological polar surface area (TPSA) is 91.1 Å². The van der Waals surface area contributed by atoms with Crippen LogP contribution in [0, 0.1) is 13.8 Å². The largest absolute Gasteiger partial charge is 0.348 e. The number of aromatic amines is 1. The van der Waals surface area contributed by atoms with Crippen LogP contribution >= 0.6 is 15.9 Å². The van der Waals surface area contributed by atoms with Crippen LogP contribution in [0.4, 0.5) is 5.69 Å². The van der Waals surface area contributed by atoms with E-state index < -0.39 is 0 Å². The Morgan fingerprint density at radius 1 is 1.26 bits per heavy atom. The van der Waals surface area contributed by atoms with Gasteiger partial charge in [-0.1, -0.05) is 29.4 Å². The SMILES string of the molecule is C=CC(=O)Nc1cc(Br)cc(C(=O)NCc2c(CC)cc(C)[nH]c2=O)c1C. The summed E-state index contributed by atoms with van der Waals surface area (Å²) in [5.74, 6) is -0.689. The molecule has 0 bridgehead atoms. The number of pyridine rings is 1. The third-order valence-corrected chi connectivity index (χ3v) is 4.69.